The van der Waals surface area contributed by atoms with E-state index in [0.717, 1.165) is 36.9 Å². The highest BCUT2D eigenvalue weighted by molar-refractivity contribution is 6.03. The summed E-state index contributed by atoms with van der Waals surface area (Å²) in [5.41, 5.74) is 3.33. The number of carbonyl (C=O) groups is 2. The maximum atomic E-state index is 13.3. The number of Topliss-reactive ketones (excluding diaryl/α,β-unsaturated/α-hetero) is 1. The molecule has 0 aromatic heterocycles. The van der Waals surface area contributed by atoms with Crippen LogP contribution in [0.1, 0.15) is 50.5 Å². The number of methoxy groups -OCH3 is 1. The molecule has 0 amide bonds. The Balaban J connectivity index is 1.70. The Kier molecular flexibility index (Phi) is 7.35. The van der Waals surface area contributed by atoms with Crippen molar-refractivity contribution in [3.63, 3.8) is 0 Å². The third kappa shape index (κ3) is 4.91. The SMILES string of the molecule is COc1cc([C@@H]2C(C(=O)OC[C@@H]3CCCO3)=C(C)NC3=C2C(=O)CCC3)ccc1OCCO. The van der Waals surface area contributed by atoms with Crippen LogP contribution in [0.25, 0.3) is 0 Å². The summed E-state index contributed by atoms with van der Waals surface area (Å²) < 4.78 is 22.3. The van der Waals surface area contributed by atoms with Gasteiger partial charge in [0.15, 0.2) is 17.3 Å². The monoisotopic (exact) mass is 457 g/mol. The molecule has 1 aliphatic carbocycles. The van der Waals surface area contributed by atoms with Gasteiger partial charge in [-0.3, -0.25) is 4.79 Å². The second-order valence-electron chi connectivity index (χ2n) is 8.48. The van der Waals surface area contributed by atoms with E-state index in [9.17, 15) is 9.59 Å². The number of ether oxygens (including phenoxy) is 4. The molecule has 2 N–H and O–H groups in total. The van der Waals surface area contributed by atoms with Gasteiger partial charge in [-0.2, -0.15) is 0 Å². The molecule has 1 aromatic rings. The van der Waals surface area contributed by atoms with Gasteiger partial charge in [0, 0.05) is 35.9 Å². The van der Waals surface area contributed by atoms with Gasteiger partial charge in [0.05, 0.1) is 25.4 Å². The molecule has 2 heterocycles. The van der Waals surface area contributed by atoms with Crippen molar-refractivity contribution in [3.05, 3.63) is 46.3 Å². The van der Waals surface area contributed by atoms with Gasteiger partial charge < -0.3 is 29.4 Å². The summed E-state index contributed by atoms with van der Waals surface area (Å²) in [7, 11) is 1.53. The number of esters is 1. The van der Waals surface area contributed by atoms with Crippen molar-refractivity contribution in [1.82, 2.24) is 5.32 Å². The Morgan fingerprint density at radius 2 is 2.09 bits per heavy atom. The zero-order valence-electron chi connectivity index (χ0n) is 19.1. The lowest BCUT2D eigenvalue weighted by Crippen LogP contribution is -2.35. The van der Waals surface area contributed by atoms with Crippen LogP contribution in [0.3, 0.4) is 0 Å². The van der Waals surface area contributed by atoms with Crippen molar-refractivity contribution in [2.24, 2.45) is 0 Å². The van der Waals surface area contributed by atoms with Gasteiger partial charge >= 0.3 is 5.97 Å². The van der Waals surface area contributed by atoms with Gasteiger partial charge in [-0.15, -0.1) is 0 Å². The van der Waals surface area contributed by atoms with Crippen LogP contribution in [0.2, 0.25) is 0 Å². The van der Waals surface area contributed by atoms with Gasteiger partial charge in [0.2, 0.25) is 0 Å². The molecular formula is C25H31NO7. The van der Waals surface area contributed by atoms with Gasteiger partial charge in [-0.1, -0.05) is 6.07 Å². The summed E-state index contributed by atoms with van der Waals surface area (Å²) >= 11 is 0. The van der Waals surface area contributed by atoms with Crippen molar-refractivity contribution in [1.29, 1.82) is 0 Å². The van der Waals surface area contributed by atoms with E-state index < -0.39 is 11.9 Å². The summed E-state index contributed by atoms with van der Waals surface area (Å²) in [5.74, 6) is -0.0340. The maximum Gasteiger partial charge on any atom is 0.336 e. The van der Waals surface area contributed by atoms with E-state index in [1.54, 1.807) is 12.1 Å². The first-order chi connectivity index (χ1) is 16.0. The van der Waals surface area contributed by atoms with E-state index in [1.807, 2.05) is 13.0 Å². The standard InChI is InChI=1S/C25H31NO7/c1-15-22(25(29)33-14-17-5-4-11-31-17)23(24-18(26-15)6-3-7-19(24)28)16-8-9-20(32-12-10-27)21(13-16)30-2/h8-9,13,17,23,26-27H,3-7,10-12,14H2,1-2H3/t17-,23+/m0/s1. The number of ketones is 1. The predicted octanol–water partition coefficient (Wildman–Crippen LogP) is 2.76. The Bertz CT molecular complexity index is 975. The molecule has 1 fully saturated rings. The van der Waals surface area contributed by atoms with Crippen molar-refractivity contribution in [3.8, 4) is 11.5 Å². The summed E-state index contributed by atoms with van der Waals surface area (Å²) in [4.78, 5) is 26.3. The molecule has 8 nitrogen and oxygen atoms in total. The number of rotatable bonds is 8. The second-order valence-corrected chi connectivity index (χ2v) is 8.48. The first-order valence-corrected chi connectivity index (χ1v) is 11.5. The number of benzene rings is 1. The molecule has 0 radical (unpaired) electrons. The highest BCUT2D eigenvalue weighted by Gasteiger charge is 2.39. The zero-order valence-corrected chi connectivity index (χ0v) is 19.1. The molecule has 0 bridgehead atoms. The molecule has 0 spiro atoms. The molecule has 1 aromatic carbocycles. The van der Waals surface area contributed by atoms with Crippen LogP contribution >= 0.6 is 0 Å². The van der Waals surface area contributed by atoms with Gasteiger partial charge in [-0.25, -0.2) is 4.79 Å². The number of dihydropyridines is 1. The van der Waals surface area contributed by atoms with Crippen LogP contribution in [0.4, 0.5) is 0 Å². The minimum absolute atomic E-state index is 0.0326. The van der Waals surface area contributed by atoms with E-state index >= 15 is 0 Å². The molecule has 2 aliphatic heterocycles. The van der Waals surface area contributed by atoms with E-state index in [4.69, 9.17) is 24.1 Å². The molecule has 0 saturated carbocycles. The number of aliphatic hydroxyl groups excluding tert-OH is 1. The van der Waals surface area contributed by atoms with Crippen LogP contribution in [-0.4, -0.2) is 56.5 Å². The lowest BCUT2D eigenvalue weighted by Gasteiger charge is -2.34. The van der Waals surface area contributed by atoms with Crippen molar-refractivity contribution in [2.75, 3.05) is 33.5 Å². The van der Waals surface area contributed by atoms with E-state index in [2.05, 4.69) is 5.32 Å². The zero-order chi connectivity index (χ0) is 23.4. The third-order valence-electron chi connectivity index (χ3n) is 6.29. The highest BCUT2D eigenvalue weighted by atomic mass is 16.6. The molecule has 0 unspecified atom stereocenters. The fraction of sp³-hybridized carbons (Fsp3) is 0.520. The molecule has 178 valence electrons. The second kappa shape index (κ2) is 10.4. The molecule has 2 atom stereocenters. The Hall–Kier alpha value is -2.84. The molecule has 4 rings (SSSR count). The van der Waals surface area contributed by atoms with Gasteiger partial charge in [0.25, 0.3) is 0 Å². The van der Waals surface area contributed by atoms with E-state index in [-0.39, 0.29) is 31.7 Å². The normalized spacial score (nSPS) is 22.7. The van der Waals surface area contributed by atoms with Crippen molar-refractivity contribution in [2.45, 2.75) is 51.0 Å². The number of carbonyl (C=O) groups excluding carboxylic acids is 2. The molecule has 8 heteroatoms. The van der Waals surface area contributed by atoms with E-state index in [1.165, 1.54) is 7.11 Å². The summed E-state index contributed by atoms with van der Waals surface area (Å²) in [6, 6.07) is 5.36. The predicted molar refractivity (Wildman–Crippen MR) is 120 cm³/mol. The van der Waals surface area contributed by atoms with Crippen molar-refractivity contribution < 1.29 is 33.6 Å². The topological polar surface area (TPSA) is 103 Å². The minimum atomic E-state index is -0.563. The Morgan fingerprint density at radius 1 is 1.24 bits per heavy atom. The average Bonchev–Trinajstić information content (AvgIpc) is 3.34. The van der Waals surface area contributed by atoms with Crippen LogP contribution in [0.5, 0.6) is 11.5 Å². The molecule has 3 aliphatic rings. The number of nitrogens with one attached hydrogen (secondary N) is 1. The first-order valence-electron chi connectivity index (χ1n) is 11.5. The number of aliphatic hydroxyl groups is 1. The molecule has 33 heavy (non-hydrogen) atoms. The summed E-state index contributed by atoms with van der Waals surface area (Å²) in [6.07, 6.45) is 3.72. The molecular weight excluding hydrogens is 426 g/mol. The van der Waals surface area contributed by atoms with Crippen LogP contribution in [0.15, 0.2) is 40.7 Å². The van der Waals surface area contributed by atoms with E-state index in [0.29, 0.717) is 41.4 Å². The fourth-order valence-electron chi connectivity index (χ4n) is 4.75. The minimum Gasteiger partial charge on any atom is -0.493 e. The largest absolute Gasteiger partial charge is 0.493 e. The van der Waals surface area contributed by atoms with Crippen LogP contribution < -0.4 is 14.8 Å². The number of hydrogen-bond donors (Lipinski definition) is 2. The maximum absolute atomic E-state index is 13.3. The number of hydrogen-bond acceptors (Lipinski definition) is 8. The third-order valence-corrected chi connectivity index (χ3v) is 6.29. The smallest absolute Gasteiger partial charge is 0.336 e. The summed E-state index contributed by atoms with van der Waals surface area (Å²) in [6.45, 7) is 2.74. The first kappa shape index (κ1) is 23.3. The average molecular weight is 458 g/mol. The quantitative estimate of drug-likeness (QED) is 0.575. The number of allylic oxidation sites excluding steroid dienone is 3. The Labute approximate surface area is 193 Å². The molecule has 1 saturated heterocycles. The summed E-state index contributed by atoms with van der Waals surface area (Å²) in [5, 5.41) is 12.4. The van der Waals surface area contributed by atoms with Gasteiger partial charge in [0.1, 0.15) is 13.2 Å². The van der Waals surface area contributed by atoms with Crippen LogP contribution in [-0.2, 0) is 19.1 Å². The van der Waals surface area contributed by atoms with Crippen molar-refractivity contribution >= 4 is 11.8 Å². The highest BCUT2D eigenvalue weighted by Crippen LogP contribution is 2.44. The van der Waals surface area contributed by atoms with Crippen LogP contribution in [0, 0.1) is 0 Å². The van der Waals surface area contributed by atoms with Gasteiger partial charge in [-0.05, 0) is 50.3 Å². The lowest BCUT2D eigenvalue weighted by molar-refractivity contribution is -0.142. The fourth-order valence-corrected chi connectivity index (χ4v) is 4.75. The lowest BCUT2D eigenvalue weighted by atomic mass is 9.75. The Morgan fingerprint density at radius 3 is 2.82 bits per heavy atom.